The number of halogens is 1. The van der Waals surface area contributed by atoms with Crippen LogP contribution in [-0.4, -0.2) is 15.3 Å². The molecule has 0 saturated carbocycles. The van der Waals surface area contributed by atoms with E-state index in [9.17, 15) is 0 Å². The molecule has 0 unspecified atom stereocenters. The second kappa shape index (κ2) is 5.94. The van der Waals surface area contributed by atoms with Crippen molar-refractivity contribution in [2.45, 2.75) is 18.5 Å². The highest BCUT2D eigenvalue weighted by atomic mass is 35.5. The fraction of sp³-hybridized carbons (Fsp3) is 0.231. The van der Waals surface area contributed by atoms with Crippen LogP contribution in [0.2, 0.25) is 5.02 Å². The van der Waals surface area contributed by atoms with E-state index >= 15 is 0 Å². The second-order valence-corrected chi connectivity index (χ2v) is 5.27. The zero-order valence-corrected chi connectivity index (χ0v) is 11.5. The smallest absolute Gasteiger partial charge is 0.172 e. The summed E-state index contributed by atoms with van der Waals surface area (Å²) in [6.45, 7) is 2.02. The minimum absolute atomic E-state index is 0.525. The quantitative estimate of drug-likeness (QED) is 0.630. The molecule has 0 atom stereocenters. The Morgan fingerprint density at radius 3 is 3.06 bits per heavy atom. The lowest BCUT2D eigenvalue weighted by Gasteiger charge is -2.10. The van der Waals surface area contributed by atoms with E-state index in [0.29, 0.717) is 6.42 Å². The molecule has 0 radical (unpaired) electrons. The van der Waals surface area contributed by atoms with Crippen LogP contribution in [0.25, 0.3) is 5.69 Å². The maximum Gasteiger partial charge on any atom is 0.172 e. The molecule has 1 aromatic carbocycles. The molecule has 0 spiro atoms. The van der Waals surface area contributed by atoms with Crippen molar-refractivity contribution in [2.75, 3.05) is 5.75 Å². The third-order valence-corrected chi connectivity index (χ3v) is 3.67. The standard InChI is InChI=1S/C13H12ClN3S/c1-10-9-11(14)3-4-12(10)17-7-6-16-13(17)18-8-2-5-15/h3-4,6-7,9H,2,8H2,1H3. The van der Waals surface area contributed by atoms with Gasteiger partial charge in [0.05, 0.1) is 11.8 Å². The molecule has 0 aliphatic heterocycles. The average Bonchev–Trinajstić information content (AvgIpc) is 2.78. The van der Waals surface area contributed by atoms with Crippen LogP contribution < -0.4 is 0 Å². The lowest BCUT2D eigenvalue weighted by molar-refractivity contribution is 0.887. The van der Waals surface area contributed by atoms with Gasteiger partial charge in [-0.2, -0.15) is 5.26 Å². The normalized spacial score (nSPS) is 10.3. The Kier molecular flexibility index (Phi) is 4.29. The minimum Gasteiger partial charge on any atom is -0.295 e. The largest absolute Gasteiger partial charge is 0.295 e. The fourth-order valence-corrected chi connectivity index (χ4v) is 2.69. The molecular formula is C13H12ClN3S. The number of hydrogen-bond donors (Lipinski definition) is 0. The van der Waals surface area contributed by atoms with E-state index in [-0.39, 0.29) is 0 Å². The van der Waals surface area contributed by atoms with Crippen molar-refractivity contribution in [1.29, 1.82) is 5.26 Å². The summed E-state index contributed by atoms with van der Waals surface area (Å²) in [4.78, 5) is 4.31. The van der Waals surface area contributed by atoms with E-state index in [1.54, 1.807) is 18.0 Å². The first-order valence-electron chi connectivity index (χ1n) is 5.52. The number of aromatic nitrogens is 2. The highest BCUT2D eigenvalue weighted by Crippen LogP contribution is 2.24. The number of aryl methyl sites for hydroxylation is 1. The maximum absolute atomic E-state index is 8.55. The summed E-state index contributed by atoms with van der Waals surface area (Å²) in [7, 11) is 0. The van der Waals surface area contributed by atoms with Gasteiger partial charge in [0, 0.05) is 29.6 Å². The lowest BCUT2D eigenvalue weighted by atomic mass is 10.2. The Morgan fingerprint density at radius 2 is 2.33 bits per heavy atom. The number of nitriles is 1. The van der Waals surface area contributed by atoms with Crippen LogP contribution in [-0.2, 0) is 0 Å². The van der Waals surface area contributed by atoms with Crippen molar-refractivity contribution in [3.05, 3.63) is 41.2 Å². The summed E-state index contributed by atoms with van der Waals surface area (Å²) < 4.78 is 2.02. The molecular weight excluding hydrogens is 266 g/mol. The third-order valence-electron chi connectivity index (χ3n) is 2.47. The number of thioether (sulfide) groups is 1. The molecule has 1 aromatic heterocycles. The van der Waals surface area contributed by atoms with Crippen molar-refractivity contribution in [3.63, 3.8) is 0 Å². The molecule has 1 heterocycles. The summed E-state index contributed by atoms with van der Waals surface area (Å²) in [5, 5.41) is 10.2. The zero-order chi connectivity index (χ0) is 13.0. The number of nitrogens with zero attached hydrogens (tertiary/aromatic N) is 3. The van der Waals surface area contributed by atoms with Crippen LogP contribution in [0.1, 0.15) is 12.0 Å². The highest BCUT2D eigenvalue weighted by molar-refractivity contribution is 7.99. The first-order chi connectivity index (χ1) is 8.72. The summed E-state index contributed by atoms with van der Waals surface area (Å²) >= 11 is 7.54. The molecule has 2 aromatic rings. The third kappa shape index (κ3) is 2.87. The number of hydrogen-bond acceptors (Lipinski definition) is 3. The molecule has 5 heteroatoms. The Balaban J connectivity index is 2.28. The van der Waals surface area contributed by atoms with Crippen molar-refractivity contribution >= 4 is 23.4 Å². The number of imidazole rings is 1. The molecule has 92 valence electrons. The van der Waals surface area contributed by atoms with Crippen molar-refractivity contribution in [2.24, 2.45) is 0 Å². The van der Waals surface area contributed by atoms with Crippen molar-refractivity contribution in [1.82, 2.24) is 9.55 Å². The minimum atomic E-state index is 0.525. The van der Waals surface area contributed by atoms with E-state index < -0.39 is 0 Å². The summed E-state index contributed by atoms with van der Waals surface area (Å²) in [6, 6.07) is 7.91. The highest BCUT2D eigenvalue weighted by Gasteiger charge is 2.08. The molecule has 0 bridgehead atoms. The van der Waals surface area contributed by atoms with Crippen molar-refractivity contribution in [3.8, 4) is 11.8 Å². The SMILES string of the molecule is Cc1cc(Cl)ccc1-n1ccnc1SCCC#N. The van der Waals surface area contributed by atoms with E-state index in [4.69, 9.17) is 16.9 Å². The lowest BCUT2D eigenvalue weighted by Crippen LogP contribution is -1.98. The molecule has 0 amide bonds. The van der Waals surface area contributed by atoms with Crippen LogP contribution >= 0.6 is 23.4 Å². The molecule has 0 saturated heterocycles. The predicted octanol–water partition coefficient (Wildman–Crippen LogP) is 3.84. The van der Waals surface area contributed by atoms with Crippen LogP contribution in [0, 0.1) is 18.3 Å². The average molecular weight is 278 g/mol. The Hall–Kier alpha value is -1.44. The molecule has 18 heavy (non-hydrogen) atoms. The molecule has 2 rings (SSSR count). The predicted molar refractivity (Wildman–Crippen MR) is 74.3 cm³/mol. The van der Waals surface area contributed by atoms with Gasteiger partial charge in [0.1, 0.15) is 0 Å². The van der Waals surface area contributed by atoms with E-state index in [1.807, 2.05) is 35.9 Å². The van der Waals surface area contributed by atoms with Crippen molar-refractivity contribution < 1.29 is 0 Å². The number of rotatable bonds is 4. The van der Waals surface area contributed by atoms with E-state index in [2.05, 4.69) is 11.1 Å². The summed E-state index contributed by atoms with van der Waals surface area (Å²) in [6.07, 6.45) is 4.21. The van der Waals surface area contributed by atoms with Gasteiger partial charge in [0.2, 0.25) is 0 Å². The van der Waals surface area contributed by atoms with Gasteiger partial charge in [-0.25, -0.2) is 4.98 Å². The Bertz CT molecular complexity index is 586. The topological polar surface area (TPSA) is 41.6 Å². The molecule has 3 nitrogen and oxygen atoms in total. The summed E-state index contributed by atoms with van der Waals surface area (Å²) in [5.41, 5.74) is 2.17. The van der Waals surface area contributed by atoms with Gasteiger partial charge in [-0.3, -0.25) is 4.57 Å². The van der Waals surface area contributed by atoms with Gasteiger partial charge in [0.15, 0.2) is 5.16 Å². The van der Waals surface area contributed by atoms with Gasteiger partial charge in [-0.1, -0.05) is 23.4 Å². The first-order valence-corrected chi connectivity index (χ1v) is 6.88. The van der Waals surface area contributed by atoms with Gasteiger partial charge < -0.3 is 0 Å². The first kappa shape index (κ1) is 13.0. The van der Waals surface area contributed by atoms with Gasteiger partial charge in [-0.15, -0.1) is 0 Å². The Morgan fingerprint density at radius 1 is 1.50 bits per heavy atom. The van der Waals surface area contributed by atoms with Crippen LogP contribution in [0.5, 0.6) is 0 Å². The molecule has 0 N–H and O–H groups in total. The van der Waals surface area contributed by atoms with E-state index in [0.717, 1.165) is 27.2 Å². The molecule has 0 fully saturated rings. The molecule has 0 aliphatic carbocycles. The second-order valence-electron chi connectivity index (χ2n) is 3.77. The van der Waals surface area contributed by atoms with Crippen LogP contribution in [0.15, 0.2) is 35.7 Å². The van der Waals surface area contributed by atoms with Gasteiger partial charge in [0.25, 0.3) is 0 Å². The van der Waals surface area contributed by atoms with Gasteiger partial charge >= 0.3 is 0 Å². The van der Waals surface area contributed by atoms with Gasteiger partial charge in [-0.05, 0) is 30.7 Å². The van der Waals surface area contributed by atoms with Crippen LogP contribution in [0.3, 0.4) is 0 Å². The zero-order valence-electron chi connectivity index (χ0n) is 9.93. The Labute approximate surface area is 115 Å². The molecule has 0 aliphatic rings. The summed E-state index contributed by atoms with van der Waals surface area (Å²) in [5.74, 6) is 0.750. The maximum atomic E-state index is 8.55. The monoisotopic (exact) mass is 277 g/mol. The van der Waals surface area contributed by atoms with Crippen LogP contribution in [0.4, 0.5) is 0 Å². The fourth-order valence-electron chi connectivity index (χ4n) is 1.66. The number of benzene rings is 1. The van der Waals surface area contributed by atoms with E-state index in [1.165, 1.54) is 0 Å².